The quantitative estimate of drug-likeness (QED) is 0.372. The maximum Gasteiger partial charge on any atom is 0.274 e. The van der Waals surface area contributed by atoms with Gasteiger partial charge in [-0.25, -0.2) is 9.67 Å². The van der Waals surface area contributed by atoms with Gasteiger partial charge in [-0.15, -0.1) is 5.10 Å². The molecule has 5 rings (SSSR count). The molecular weight excluding hydrogens is 513 g/mol. The SMILES string of the molecule is CN(C(=O)c1nc(-c2ccc(Cl)cc2Cl)n(-c2ccc(-c3nnnn3C)cc2)c1CO)C1CCCCC1. The van der Waals surface area contributed by atoms with E-state index in [9.17, 15) is 9.90 Å². The number of aliphatic hydroxyl groups is 1. The van der Waals surface area contributed by atoms with E-state index in [-0.39, 0.29) is 24.2 Å². The van der Waals surface area contributed by atoms with E-state index >= 15 is 0 Å². The normalized spacial score (nSPS) is 14.2. The average molecular weight is 540 g/mol. The Morgan fingerprint density at radius 3 is 2.43 bits per heavy atom. The number of imidazole rings is 1. The summed E-state index contributed by atoms with van der Waals surface area (Å²) in [7, 11) is 3.58. The predicted octanol–water partition coefficient (Wildman–Crippen LogP) is 4.93. The second-order valence-corrected chi connectivity index (χ2v) is 10.1. The molecule has 0 atom stereocenters. The topological polar surface area (TPSA) is 102 Å². The molecule has 0 aliphatic heterocycles. The number of carbonyl (C=O) groups excluding carboxylic acids is 1. The molecule has 2 aromatic carbocycles. The molecule has 37 heavy (non-hydrogen) atoms. The molecule has 4 aromatic rings. The Morgan fingerprint density at radius 1 is 1.08 bits per heavy atom. The first-order valence-electron chi connectivity index (χ1n) is 12.2. The average Bonchev–Trinajstić information content (AvgIpc) is 3.52. The van der Waals surface area contributed by atoms with Crippen LogP contribution in [0.25, 0.3) is 28.5 Å². The van der Waals surface area contributed by atoms with Crippen LogP contribution < -0.4 is 0 Å². The Kier molecular flexibility index (Phi) is 7.28. The number of hydrogen-bond donors (Lipinski definition) is 1. The number of rotatable bonds is 6. The standard InChI is InChI=1S/C26H27Cl2N7O2/c1-33(18-6-4-3-5-7-18)26(37)23-22(15-36)35(25(29-23)20-13-10-17(27)14-21(20)28)19-11-8-16(9-12-19)24-30-31-32-34(24)2/h8-14,18,36H,3-7,15H2,1-2H3. The first-order chi connectivity index (χ1) is 17.9. The first-order valence-corrected chi connectivity index (χ1v) is 12.9. The fourth-order valence-corrected chi connectivity index (χ4v) is 5.43. The highest BCUT2D eigenvalue weighted by atomic mass is 35.5. The lowest BCUT2D eigenvalue weighted by Gasteiger charge is -2.31. The number of aliphatic hydroxyl groups excluding tert-OH is 1. The van der Waals surface area contributed by atoms with E-state index < -0.39 is 0 Å². The van der Waals surface area contributed by atoms with Crippen LogP contribution in [0.3, 0.4) is 0 Å². The fraction of sp³-hybridized carbons (Fsp3) is 0.346. The van der Waals surface area contributed by atoms with E-state index in [0.717, 1.165) is 31.2 Å². The Balaban J connectivity index is 1.64. The van der Waals surface area contributed by atoms with E-state index in [1.165, 1.54) is 6.42 Å². The van der Waals surface area contributed by atoms with Gasteiger partial charge in [0.1, 0.15) is 5.82 Å². The van der Waals surface area contributed by atoms with Crippen molar-refractivity contribution in [3.05, 3.63) is 63.9 Å². The summed E-state index contributed by atoms with van der Waals surface area (Å²) >= 11 is 12.7. The minimum atomic E-state index is -0.382. The third-order valence-electron chi connectivity index (χ3n) is 6.94. The number of halogens is 2. The lowest BCUT2D eigenvalue weighted by atomic mass is 9.94. The van der Waals surface area contributed by atoms with Gasteiger partial charge in [0.05, 0.1) is 17.3 Å². The molecule has 1 aliphatic rings. The van der Waals surface area contributed by atoms with Crippen molar-refractivity contribution >= 4 is 29.1 Å². The number of benzene rings is 2. The van der Waals surface area contributed by atoms with Crippen molar-refractivity contribution in [3.63, 3.8) is 0 Å². The highest BCUT2D eigenvalue weighted by Gasteiger charge is 2.30. The number of nitrogens with zero attached hydrogens (tertiary/aromatic N) is 7. The van der Waals surface area contributed by atoms with Crippen molar-refractivity contribution in [2.24, 2.45) is 7.05 Å². The molecule has 1 N–H and O–H groups in total. The second kappa shape index (κ2) is 10.6. The van der Waals surface area contributed by atoms with Gasteiger partial charge in [-0.1, -0.05) is 42.5 Å². The largest absolute Gasteiger partial charge is 0.390 e. The summed E-state index contributed by atoms with van der Waals surface area (Å²) in [6.07, 6.45) is 5.32. The van der Waals surface area contributed by atoms with E-state index in [4.69, 9.17) is 28.2 Å². The molecule has 2 heterocycles. The number of carbonyl (C=O) groups is 1. The summed E-state index contributed by atoms with van der Waals surface area (Å²) in [6.45, 7) is -0.382. The van der Waals surface area contributed by atoms with Gasteiger partial charge in [-0.2, -0.15) is 0 Å². The van der Waals surface area contributed by atoms with Gasteiger partial charge in [0.2, 0.25) is 0 Å². The molecule has 0 unspecified atom stereocenters. The molecule has 11 heteroatoms. The zero-order chi connectivity index (χ0) is 26.1. The Hall–Kier alpha value is -3.27. The van der Waals surface area contributed by atoms with Gasteiger partial charge in [-0.05, 0) is 65.7 Å². The van der Waals surface area contributed by atoms with Crippen LogP contribution in [0.1, 0.15) is 48.3 Å². The molecule has 1 aliphatic carbocycles. The summed E-state index contributed by atoms with van der Waals surface area (Å²) in [6, 6.07) is 12.8. The molecule has 0 radical (unpaired) electrons. The monoisotopic (exact) mass is 539 g/mol. The Morgan fingerprint density at radius 2 is 1.81 bits per heavy atom. The van der Waals surface area contributed by atoms with E-state index in [1.54, 1.807) is 39.4 Å². The van der Waals surface area contributed by atoms with Crippen molar-refractivity contribution in [2.75, 3.05) is 7.05 Å². The third kappa shape index (κ3) is 4.86. The zero-order valence-electron chi connectivity index (χ0n) is 20.6. The molecule has 0 bridgehead atoms. The maximum atomic E-state index is 13.7. The number of amides is 1. The molecule has 1 saturated carbocycles. The van der Waals surface area contributed by atoms with E-state index in [1.807, 2.05) is 31.3 Å². The molecule has 192 valence electrons. The number of tetrazole rings is 1. The van der Waals surface area contributed by atoms with Crippen LogP contribution >= 0.6 is 23.2 Å². The molecule has 2 aromatic heterocycles. The Labute approximate surface area is 224 Å². The number of aromatic nitrogens is 6. The van der Waals surface area contributed by atoms with Crippen LogP contribution in [0, 0.1) is 0 Å². The maximum absolute atomic E-state index is 13.7. The van der Waals surface area contributed by atoms with Crippen LogP contribution in [0.2, 0.25) is 10.0 Å². The van der Waals surface area contributed by atoms with Gasteiger partial charge >= 0.3 is 0 Å². The molecule has 1 fully saturated rings. The minimum Gasteiger partial charge on any atom is -0.390 e. The first kappa shape index (κ1) is 25.4. The van der Waals surface area contributed by atoms with Gasteiger partial charge in [-0.3, -0.25) is 9.36 Å². The van der Waals surface area contributed by atoms with Gasteiger partial charge < -0.3 is 10.0 Å². The lowest BCUT2D eigenvalue weighted by Crippen LogP contribution is -2.38. The second-order valence-electron chi connectivity index (χ2n) is 9.23. The lowest BCUT2D eigenvalue weighted by molar-refractivity contribution is 0.0687. The van der Waals surface area contributed by atoms with Crippen LogP contribution in [0.5, 0.6) is 0 Å². The summed E-state index contributed by atoms with van der Waals surface area (Å²) in [5, 5.41) is 23.0. The van der Waals surface area contributed by atoms with E-state index in [2.05, 4.69) is 15.5 Å². The highest BCUT2D eigenvalue weighted by Crippen LogP contribution is 2.35. The van der Waals surface area contributed by atoms with Crippen molar-refractivity contribution in [2.45, 2.75) is 44.8 Å². The molecular formula is C26H27Cl2N7O2. The number of hydrogen-bond acceptors (Lipinski definition) is 6. The van der Waals surface area contributed by atoms with Crippen LogP contribution in [-0.4, -0.2) is 58.8 Å². The van der Waals surface area contributed by atoms with Crippen LogP contribution in [-0.2, 0) is 13.7 Å². The highest BCUT2D eigenvalue weighted by molar-refractivity contribution is 6.36. The third-order valence-corrected chi connectivity index (χ3v) is 7.49. The van der Waals surface area contributed by atoms with Gasteiger partial charge in [0, 0.05) is 42.0 Å². The smallest absolute Gasteiger partial charge is 0.274 e. The summed E-state index contributed by atoms with van der Waals surface area (Å²) in [4.78, 5) is 20.2. The van der Waals surface area contributed by atoms with Gasteiger partial charge in [0.15, 0.2) is 11.5 Å². The van der Waals surface area contributed by atoms with Crippen molar-refractivity contribution in [3.8, 4) is 28.5 Å². The molecule has 0 spiro atoms. The summed E-state index contributed by atoms with van der Waals surface area (Å²) in [5.74, 6) is 0.840. The predicted molar refractivity (Wildman–Crippen MR) is 142 cm³/mol. The van der Waals surface area contributed by atoms with Crippen molar-refractivity contribution in [1.82, 2.24) is 34.7 Å². The van der Waals surface area contributed by atoms with Crippen LogP contribution in [0.4, 0.5) is 0 Å². The molecule has 9 nitrogen and oxygen atoms in total. The summed E-state index contributed by atoms with van der Waals surface area (Å²) in [5.41, 5.74) is 2.72. The molecule has 1 amide bonds. The van der Waals surface area contributed by atoms with Crippen LogP contribution in [0.15, 0.2) is 42.5 Å². The Bertz CT molecular complexity index is 1430. The summed E-state index contributed by atoms with van der Waals surface area (Å²) < 4.78 is 3.36. The molecule has 0 saturated heterocycles. The minimum absolute atomic E-state index is 0.153. The fourth-order valence-electron chi connectivity index (χ4n) is 4.94. The zero-order valence-corrected chi connectivity index (χ0v) is 22.1. The number of aryl methyl sites for hydroxylation is 1. The van der Waals surface area contributed by atoms with Crippen molar-refractivity contribution < 1.29 is 9.90 Å². The van der Waals surface area contributed by atoms with Crippen molar-refractivity contribution in [1.29, 1.82) is 0 Å². The van der Waals surface area contributed by atoms with E-state index in [0.29, 0.717) is 38.6 Å². The van der Waals surface area contributed by atoms with Gasteiger partial charge in [0.25, 0.3) is 5.91 Å².